The second kappa shape index (κ2) is 5.13. The summed E-state index contributed by atoms with van der Waals surface area (Å²) in [5.41, 5.74) is 0. The van der Waals surface area contributed by atoms with Gasteiger partial charge < -0.3 is 10.1 Å². The van der Waals surface area contributed by atoms with Crippen molar-refractivity contribution >= 4 is 0 Å². The molecule has 14 heavy (non-hydrogen) atoms. The highest BCUT2D eigenvalue weighted by molar-refractivity contribution is 4.75. The second-order valence-corrected chi connectivity index (χ2v) is 4.96. The van der Waals surface area contributed by atoms with Crippen molar-refractivity contribution in [2.75, 3.05) is 7.11 Å². The van der Waals surface area contributed by atoms with Gasteiger partial charge in [-0.05, 0) is 38.5 Å². The van der Waals surface area contributed by atoms with Crippen molar-refractivity contribution in [1.29, 1.82) is 0 Å². The molecule has 0 amide bonds. The molecule has 0 saturated heterocycles. The van der Waals surface area contributed by atoms with Crippen molar-refractivity contribution in [2.45, 2.75) is 69.6 Å². The number of hydrogen-bond donors (Lipinski definition) is 1. The molecule has 2 saturated carbocycles. The third-order valence-corrected chi connectivity index (χ3v) is 3.98. The molecule has 2 nitrogen and oxygen atoms in total. The Morgan fingerprint density at radius 2 is 1.57 bits per heavy atom. The summed E-state index contributed by atoms with van der Waals surface area (Å²) in [7, 11) is 1.88. The van der Waals surface area contributed by atoms with Crippen LogP contribution in [-0.4, -0.2) is 25.3 Å². The zero-order valence-corrected chi connectivity index (χ0v) is 9.37. The second-order valence-electron chi connectivity index (χ2n) is 4.96. The highest BCUT2D eigenvalue weighted by Gasteiger charge is 2.31. The van der Waals surface area contributed by atoms with Crippen LogP contribution in [0.2, 0.25) is 0 Å². The zero-order chi connectivity index (χ0) is 9.80. The molecule has 0 aliphatic heterocycles. The lowest BCUT2D eigenvalue weighted by atomic mass is 9.91. The van der Waals surface area contributed by atoms with Gasteiger partial charge in [0.1, 0.15) is 12.1 Å². The molecular weight excluding hydrogens is 174 g/mol. The highest BCUT2D eigenvalue weighted by Crippen LogP contribution is 2.20. The van der Waals surface area contributed by atoms with Crippen LogP contribution in [0.3, 0.4) is 0 Å². The van der Waals surface area contributed by atoms with Crippen LogP contribution in [0.15, 0.2) is 0 Å². The van der Waals surface area contributed by atoms with Crippen LogP contribution in [0.4, 0.5) is 0 Å². The van der Waals surface area contributed by atoms with Gasteiger partial charge in [0.25, 0.3) is 0 Å². The molecule has 2 rings (SSSR count). The van der Waals surface area contributed by atoms with Crippen LogP contribution in [0, 0.1) is 0 Å². The summed E-state index contributed by atoms with van der Waals surface area (Å²) in [6.07, 6.45) is 11.7. The van der Waals surface area contributed by atoms with Crippen molar-refractivity contribution < 1.29 is 10.1 Å². The lowest BCUT2D eigenvalue weighted by Gasteiger charge is -2.30. The van der Waals surface area contributed by atoms with Crippen molar-refractivity contribution in [1.82, 2.24) is 0 Å². The van der Waals surface area contributed by atoms with Gasteiger partial charge in [-0.1, -0.05) is 6.42 Å². The predicted molar refractivity (Wildman–Crippen MR) is 57.2 cm³/mol. The van der Waals surface area contributed by atoms with Crippen LogP contribution in [0.1, 0.15) is 51.4 Å². The molecule has 2 atom stereocenters. The van der Waals surface area contributed by atoms with Gasteiger partial charge in [-0.15, -0.1) is 0 Å². The Bertz CT molecular complexity index is 166. The molecule has 0 heterocycles. The average molecular weight is 198 g/mol. The SMILES string of the molecule is CO[C@@H]1CCCC[C@@H]1[NH2+]C1CCCC1. The van der Waals surface area contributed by atoms with Gasteiger partial charge in [0.2, 0.25) is 0 Å². The topological polar surface area (TPSA) is 25.8 Å². The number of nitrogens with two attached hydrogens (primary N) is 1. The smallest absolute Gasteiger partial charge is 0.113 e. The molecule has 2 aliphatic rings. The van der Waals surface area contributed by atoms with E-state index < -0.39 is 0 Å². The van der Waals surface area contributed by atoms with E-state index in [-0.39, 0.29) is 0 Å². The molecule has 2 N–H and O–H groups in total. The van der Waals surface area contributed by atoms with Gasteiger partial charge in [-0.25, -0.2) is 0 Å². The van der Waals surface area contributed by atoms with Crippen molar-refractivity contribution in [3.8, 4) is 0 Å². The monoisotopic (exact) mass is 198 g/mol. The minimum absolute atomic E-state index is 0.532. The van der Waals surface area contributed by atoms with Gasteiger partial charge in [-0.3, -0.25) is 0 Å². The van der Waals surface area contributed by atoms with Gasteiger partial charge in [0, 0.05) is 13.5 Å². The molecule has 0 aromatic rings. The van der Waals surface area contributed by atoms with Crippen molar-refractivity contribution in [3.05, 3.63) is 0 Å². The van der Waals surface area contributed by atoms with Crippen LogP contribution < -0.4 is 5.32 Å². The first-order valence-electron chi connectivity index (χ1n) is 6.28. The molecule has 0 spiro atoms. The van der Waals surface area contributed by atoms with Gasteiger partial charge in [-0.2, -0.15) is 0 Å². The zero-order valence-electron chi connectivity index (χ0n) is 9.37. The van der Waals surface area contributed by atoms with E-state index in [0.717, 1.165) is 12.1 Å². The van der Waals surface area contributed by atoms with E-state index in [4.69, 9.17) is 4.74 Å². The molecular formula is C12H24NO+. The van der Waals surface area contributed by atoms with Gasteiger partial charge in [0.05, 0.1) is 6.04 Å². The Kier molecular flexibility index (Phi) is 3.82. The molecule has 2 aliphatic carbocycles. The standard InChI is InChI=1S/C12H23NO/c1-14-12-9-5-4-8-11(12)13-10-6-2-3-7-10/h10-13H,2-9H2,1H3/p+1/t11-,12+/m0/s1. The maximum Gasteiger partial charge on any atom is 0.113 e. The minimum atomic E-state index is 0.532. The third kappa shape index (κ3) is 2.48. The summed E-state index contributed by atoms with van der Waals surface area (Å²) in [5, 5.41) is 2.63. The summed E-state index contributed by atoms with van der Waals surface area (Å²) in [4.78, 5) is 0. The first kappa shape index (κ1) is 10.4. The van der Waals surface area contributed by atoms with Crippen LogP contribution in [-0.2, 0) is 4.74 Å². The minimum Gasteiger partial charge on any atom is -0.375 e. The fourth-order valence-electron chi connectivity index (χ4n) is 3.14. The average Bonchev–Trinajstić information content (AvgIpc) is 2.71. The molecule has 0 unspecified atom stereocenters. The molecule has 0 aromatic heterocycles. The number of ether oxygens (including phenoxy) is 1. The number of methoxy groups -OCH3 is 1. The first-order valence-corrected chi connectivity index (χ1v) is 6.28. The largest absolute Gasteiger partial charge is 0.375 e. The predicted octanol–water partition coefficient (Wildman–Crippen LogP) is 1.45. The van der Waals surface area contributed by atoms with E-state index in [9.17, 15) is 0 Å². The summed E-state index contributed by atoms with van der Waals surface area (Å²) in [5.74, 6) is 0. The van der Waals surface area contributed by atoms with Gasteiger partial charge >= 0.3 is 0 Å². The van der Waals surface area contributed by atoms with Gasteiger partial charge in [0.15, 0.2) is 0 Å². The van der Waals surface area contributed by atoms with E-state index in [2.05, 4.69) is 5.32 Å². The lowest BCUT2D eigenvalue weighted by molar-refractivity contribution is -0.728. The molecule has 0 radical (unpaired) electrons. The Labute approximate surface area is 87.4 Å². The summed E-state index contributed by atoms with van der Waals surface area (Å²) in [6, 6.07) is 1.67. The fourth-order valence-corrected chi connectivity index (χ4v) is 3.14. The maximum atomic E-state index is 5.58. The van der Waals surface area contributed by atoms with Crippen molar-refractivity contribution in [3.63, 3.8) is 0 Å². The number of quaternary nitrogens is 1. The van der Waals surface area contributed by atoms with E-state index in [1.54, 1.807) is 0 Å². The summed E-state index contributed by atoms with van der Waals surface area (Å²) in [6.45, 7) is 0. The Morgan fingerprint density at radius 1 is 0.929 bits per heavy atom. The Hall–Kier alpha value is -0.0800. The Morgan fingerprint density at radius 3 is 2.29 bits per heavy atom. The third-order valence-electron chi connectivity index (χ3n) is 3.98. The van der Waals surface area contributed by atoms with E-state index in [1.807, 2.05) is 7.11 Å². The molecule has 82 valence electrons. The Balaban J connectivity index is 1.81. The van der Waals surface area contributed by atoms with E-state index >= 15 is 0 Å². The van der Waals surface area contributed by atoms with E-state index in [1.165, 1.54) is 51.4 Å². The molecule has 2 fully saturated rings. The van der Waals surface area contributed by atoms with E-state index in [0.29, 0.717) is 6.10 Å². The summed E-state index contributed by atoms with van der Waals surface area (Å²) >= 11 is 0. The van der Waals surface area contributed by atoms with Crippen LogP contribution in [0.25, 0.3) is 0 Å². The fraction of sp³-hybridized carbons (Fsp3) is 1.00. The van der Waals surface area contributed by atoms with Crippen molar-refractivity contribution in [2.24, 2.45) is 0 Å². The first-order chi connectivity index (χ1) is 6.90. The molecule has 2 heteroatoms. The molecule has 0 bridgehead atoms. The number of hydrogen-bond acceptors (Lipinski definition) is 1. The quantitative estimate of drug-likeness (QED) is 0.730. The lowest BCUT2D eigenvalue weighted by Crippen LogP contribution is -2.97. The van der Waals surface area contributed by atoms with Crippen LogP contribution >= 0.6 is 0 Å². The van der Waals surface area contributed by atoms with Crippen LogP contribution in [0.5, 0.6) is 0 Å². The maximum absolute atomic E-state index is 5.58. The normalized spacial score (nSPS) is 34.9. The number of rotatable bonds is 3. The molecule has 0 aromatic carbocycles. The summed E-state index contributed by atoms with van der Waals surface area (Å²) < 4.78 is 5.58. The highest BCUT2D eigenvalue weighted by atomic mass is 16.5.